The average molecular weight is 465 g/mol. The van der Waals surface area contributed by atoms with Crippen molar-refractivity contribution in [2.24, 2.45) is 0 Å². The minimum atomic E-state index is -0.558. The zero-order chi connectivity index (χ0) is 21.8. The molecule has 0 spiro atoms. The Labute approximate surface area is 187 Å². The van der Waals surface area contributed by atoms with Crippen molar-refractivity contribution in [3.05, 3.63) is 69.7 Å². The lowest BCUT2D eigenvalue weighted by atomic mass is 10.2. The van der Waals surface area contributed by atoms with Gasteiger partial charge < -0.3 is 14.8 Å². The van der Waals surface area contributed by atoms with Gasteiger partial charge in [0, 0.05) is 35.7 Å². The quantitative estimate of drug-likeness (QED) is 0.520. The first-order chi connectivity index (χ1) is 15.0. The van der Waals surface area contributed by atoms with E-state index in [2.05, 4.69) is 10.3 Å². The summed E-state index contributed by atoms with van der Waals surface area (Å²) < 4.78 is 39.5. The largest absolute Gasteiger partial charge is 0.489 e. The first kappa shape index (κ1) is 21.7. The van der Waals surface area contributed by atoms with E-state index in [0.717, 1.165) is 12.8 Å². The molecule has 1 N–H and O–H groups in total. The molecule has 0 bridgehead atoms. The Balaban J connectivity index is 1.40. The third-order valence-electron chi connectivity index (χ3n) is 4.87. The van der Waals surface area contributed by atoms with Crippen LogP contribution in [0.3, 0.4) is 0 Å². The molecular formula is C22H19ClF2N2O3S. The molecule has 2 aromatic carbocycles. The van der Waals surface area contributed by atoms with Crippen molar-refractivity contribution in [2.45, 2.75) is 25.6 Å². The molecule has 4 rings (SSSR count). The van der Waals surface area contributed by atoms with Crippen LogP contribution in [-0.4, -0.2) is 30.1 Å². The normalized spacial score (nSPS) is 15.8. The molecule has 2 heterocycles. The zero-order valence-electron chi connectivity index (χ0n) is 16.4. The van der Waals surface area contributed by atoms with Gasteiger partial charge in [0.25, 0.3) is 5.91 Å². The van der Waals surface area contributed by atoms with Gasteiger partial charge in [-0.25, -0.2) is 13.8 Å². The van der Waals surface area contributed by atoms with Crippen molar-refractivity contribution in [2.75, 3.05) is 13.2 Å². The predicted molar refractivity (Wildman–Crippen MR) is 115 cm³/mol. The predicted octanol–water partition coefficient (Wildman–Crippen LogP) is 5.23. The van der Waals surface area contributed by atoms with Crippen molar-refractivity contribution in [3.63, 3.8) is 0 Å². The lowest BCUT2D eigenvalue weighted by molar-refractivity contribution is 0.0854. The Bertz CT molecular complexity index is 1070. The maximum absolute atomic E-state index is 14.7. The third-order valence-corrected chi connectivity index (χ3v) is 6.10. The summed E-state index contributed by atoms with van der Waals surface area (Å²) in [4.78, 5) is 16.5. The van der Waals surface area contributed by atoms with Crippen LogP contribution in [0.2, 0.25) is 5.02 Å². The number of halogens is 3. The van der Waals surface area contributed by atoms with Crippen LogP contribution in [0.4, 0.5) is 8.78 Å². The molecule has 1 atom stereocenters. The summed E-state index contributed by atoms with van der Waals surface area (Å²) in [7, 11) is 0. The summed E-state index contributed by atoms with van der Waals surface area (Å²) in [6.07, 6.45) is 1.95. The molecule has 3 aromatic rings. The number of rotatable bonds is 7. The van der Waals surface area contributed by atoms with Crippen LogP contribution < -0.4 is 10.1 Å². The molecule has 0 saturated carbocycles. The van der Waals surface area contributed by atoms with Crippen LogP contribution in [0.5, 0.6) is 5.75 Å². The Morgan fingerprint density at radius 3 is 2.90 bits per heavy atom. The van der Waals surface area contributed by atoms with Crippen LogP contribution >= 0.6 is 22.9 Å². The molecule has 1 amide bonds. The van der Waals surface area contributed by atoms with Gasteiger partial charge in [-0.05, 0) is 37.1 Å². The van der Waals surface area contributed by atoms with Crippen molar-refractivity contribution in [1.82, 2.24) is 10.3 Å². The maximum Gasteiger partial charge on any atom is 0.270 e. The molecule has 0 radical (unpaired) electrons. The summed E-state index contributed by atoms with van der Waals surface area (Å²) in [5.74, 6) is -1.14. The summed E-state index contributed by atoms with van der Waals surface area (Å²) in [5, 5.41) is 5.00. The number of carbonyl (C=O) groups is 1. The molecule has 1 fully saturated rings. The number of hydrogen-bond acceptors (Lipinski definition) is 5. The van der Waals surface area contributed by atoms with E-state index < -0.39 is 11.6 Å². The smallest absolute Gasteiger partial charge is 0.270 e. The van der Waals surface area contributed by atoms with E-state index in [-0.39, 0.29) is 46.2 Å². The third kappa shape index (κ3) is 5.20. The lowest BCUT2D eigenvalue weighted by Gasteiger charge is -2.10. The minimum absolute atomic E-state index is 0.0336. The fourth-order valence-electron chi connectivity index (χ4n) is 3.19. The molecule has 162 valence electrons. The molecular weight excluding hydrogens is 446 g/mol. The molecule has 0 aliphatic carbocycles. The molecule has 1 saturated heterocycles. The Hall–Kier alpha value is -2.55. The summed E-state index contributed by atoms with van der Waals surface area (Å²) in [6, 6.07) is 8.62. The lowest BCUT2D eigenvalue weighted by Crippen LogP contribution is -2.31. The second-order valence-corrected chi connectivity index (χ2v) is 8.28. The Morgan fingerprint density at radius 1 is 1.29 bits per heavy atom. The molecule has 9 heteroatoms. The Kier molecular flexibility index (Phi) is 6.80. The number of ether oxygens (including phenoxy) is 2. The highest BCUT2D eigenvalue weighted by Gasteiger charge is 2.19. The van der Waals surface area contributed by atoms with Gasteiger partial charge in [-0.3, -0.25) is 4.79 Å². The number of hydrogen-bond donors (Lipinski definition) is 1. The highest BCUT2D eigenvalue weighted by Crippen LogP contribution is 2.30. The second-order valence-electron chi connectivity index (χ2n) is 7.01. The van der Waals surface area contributed by atoms with E-state index in [9.17, 15) is 13.6 Å². The van der Waals surface area contributed by atoms with Crippen LogP contribution in [0, 0.1) is 11.6 Å². The van der Waals surface area contributed by atoms with E-state index in [1.807, 2.05) is 0 Å². The van der Waals surface area contributed by atoms with Crippen LogP contribution in [0.1, 0.15) is 28.9 Å². The highest BCUT2D eigenvalue weighted by atomic mass is 35.5. The van der Waals surface area contributed by atoms with Gasteiger partial charge in [-0.1, -0.05) is 17.7 Å². The van der Waals surface area contributed by atoms with Crippen LogP contribution in [0.15, 0.2) is 41.8 Å². The molecule has 31 heavy (non-hydrogen) atoms. The molecule has 5 nitrogen and oxygen atoms in total. The van der Waals surface area contributed by atoms with E-state index in [4.69, 9.17) is 21.1 Å². The van der Waals surface area contributed by atoms with E-state index in [0.29, 0.717) is 18.2 Å². The zero-order valence-corrected chi connectivity index (χ0v) is 17.9. The SMILES string of the molecule is O=C(NC[C@H]1CCCO1)c1csc(-c2ccc(OCc3c(F)cccc3Cl)cc2F)n1. The number of carbonyl (C=O) groups excluding carboxylic acids is 1. The first-order valence-electron chi connectivity index (χ1n) is 9.72. The maximum atomic E-state index is 14.7. The monoisotopic (exact) mass is 464 g/mol. The van der Waals surface area contributed by atoms with E-state index >= 15 is 0 Å². The standard InChI is InChI=1S/C22H19ClF2N2O3S/c23-17-4-1-5-18(24)16(17)11-30-13-6-7-15(19(25)9-13)22-27-20(12-31-22)21(28)26-10-14-3-2-8-29-14/h1,4-7,9,12,14H,2-3,8,10-11H2,(H,26,28)/t14-/m1/s1. The first-order valence-corrected chi connectivity index (χ1v) is 11.0. The van der Waals surface area contributed by atoms with Gasteiger partial charge >= 0.3 is 0 Å². The second kappa shape index (κ2) is 9.72. The molecule has 1 aromatic heterocycles. The van der Waals surface area contributed by atoms with E-state index in [1.54, 1.807) is 17.5 Å². The van der Waals surface area contributed by atoms with Gasteiger partial charge in [0.15, 0.2) is 0 Å². The number of amides is 1. The number of benzene rings is 2. The van der Waals surface area contributed by atoms with Crippen molar-refractivity contribution >= 4 is 28.8 Å². The van der Waals surface area contributed by atoms with Gasteiger partial charge in [-0.2, -0.15) is 0 Å². The number of nitrogens with one attached hydrogen (secondary N) is 1. The van der Waals surface area contributed by atoms with Gasteiger partial charge in [0.1, 0.15) is 34.7 Å². The summed E-state index contributed by atoms with van der Waals surface area (Å²) in [5.41, 5.74) is 0.679. The fourth-order valence-corrected chi connectivity index (χ4v) is 4.23. The minimum Gasteiger partial charge on any atom is -0.489 e. The number of nitrogens with zero attached hydrogens (tertiary/aromatic N) is 1. The van der Waals surface area contributed by atoms with Crippen LogP contribution in [-0.2, 0) is 11.3 Å². The molecule has 0 unspecified atom stereocenters. The van der Waals surface area contributed by atoms with Crippen molar-refractivity contribution < 1.29 is 23.0 Å². The van der Waals surface area contributed by atoms with Crippen molar-refractivity contribution in [3.8, 4) is 16.3 Å². The van der Waals surface area contributed by atoms with Gasteiger partial charge in [0.05, 0.1) is 11.1 Å². The summed E-state index contributed by atoms with van der Waals surface area (Å²) in [6.45, 7) is 1.02. The summed E-state index contributed by atoms with van der Waals surface area (Å²) >= 11 is 7.15. The number of aromatic nitrogens is 1. The van der Waals surface area contributed by atoms with Gasteiger partial charge in [0.2, 0.25) is 0 Å². The Morgan fingerprint density at radius 2 is 2.16 bits per heavy atom. The van der Waals surface area contributed by atoms with Crippen molar-refractivity contribution in [1.29, 1.82) is 0 Å². The topological polar surface area (TPSA) is 60.5 Å². The molecule has 1 aliphatic heterocycles. The van der Waals surface area contributed by atoms with Crippen LogP contribution in [0.25, 0.3) is 10.6 Å². The van der Waals surface area contributed by atoms with Gasteiger partial charge in [-0.15, -0.1) is 11.3 Å². The fraction of sp³-hybridized carbons (Fsp3) is 0.273. The number of thiazole rings is 1. The average Bonchev–Trinajstić information content (AvgIpc) is 3.44. The molecule has 1 aliphatic rings. The highest BCUT2D eigenvalue weighted by molar-refractivity contribution is 7.13. The van der Waals surface area contributed by atoms with E-state index in [1.165, 1.54) is 35.6 Å².